The van der Waals surface area contributed by atoms with E-state index in [1.807, 2.05) is 0 Å². The van der Waals surface area contributed by atoms with Gasteiger partial charge < -0.3 is 33.9 Å². The lowest BCUT2D eigenvalue weighted by Crippen LogP contribution is -2.63. The van der Waals surface area contributed by atoms with Crippen molar-refractivity contribution in [1.82, 2.24) is 0 Å². The van der Waals surface area contributed by atoms with E-state index in [0.29, 0.717) is 18.4 Å². The average Bonchev–Trinajstić information content (AvgIpc) is 3.46. The molecule has 0 radical (unpaired) electrons. The first-order valence-electron chi connectivity index (χ1n) is 15.7. The van der Waals surface area contributed by atoms with Crippen molar-refractivity contribution in [3.63, 3.8) is 0 Å². The molecule has 0 aromatic carbocycles. The molecule has 0 spiro atoms. The maximum Gasteiger partial charge on any atom is 0.331 e. The average molecular weight is 577 g/mol. The van der Waals surface area contributed by atoms with Crippen LogP contribution < -0.4 is 0 Å². The zero-order valence-electron chi connectivity index (χ0n) is 25.2. The molecule has 41 heavy (non-hydrogen) atoms. The summed E-state index contributed by atoms with van der Waals surface area (Å²) in [5.74, 6) is 0.650. The third-order valence-corrected chi connectivity index (χ3v) is 12.6. The fourth-order valence-electron chi connectivity index (χ4n) is 10.4. The predicted molar refractivity (Wildman–Crippen MR) is 147 cm³/mol. The molecule has 5 fully saturated rings. The smallest absolute Gasteiger partial charge is 0.331 e. The maximum absolute atomic E-state index is 12.5. The molecule has 2 aliphatic heterocycles. The summed E-state index contributed by atoms with van der Waals surface area (Å²) in [4.78, 5) is 23.7. The maximum atomic E-state index is 12.5. The van der Waals surface area contributed by atoms with Gasteiger partial charge in [-0.1, -0.05) is 13.8 Å². The van der Waals surface area contributed by atoms with Gasteiger partial charge in [-0.25, -0.2) is 4.79 Å². The summed E-state index contributed by atoms with van der Waals surface area (Å²) < 4.78 is 28.9. The number of aliphatic hydroxyl groups is 2. The van der Waals surface area contributed by atoms with Crippen LogP contribution in [0.25, 0.3) is 0 Å². The van der Waals surface area contributed by atoms with Gasteiger partial charge in [0.1, 0.15) is 18.8 Å². The van der Waals surface area contributed by atoms with Crippen LogP contribution >= 0.6 is 0 Å². The molecule has 0 bridgehead atoms. The Balaban J connectivity index is 1.16. The fraction of sp³-hybridized carbons (Fsp3) is 0.875. The van der Waals surface area contributed by atoms with Gasteiger partial charge in [0.2, 0.25) is 0 Å². The first-order valence-corrected chi connectivity index (χ1v) is 15.7. The number of fused-ring (bicyclic) bond motifs is 5. The normalized spacial score (nSPS) is 51.2. The fourth-order valence-corrected chi connectivity index (χ4v) is 10.4. The summed E-state index contributed by atoms with van der Waals surface area (Å²) in [6, 6.07) is 0. The lowest BCUT2D eigenvalue weighted by molar-refractivity contribution is -0.315. The standard InChI is InChI=1S/C32H48O9/c1-17-26(35)27(37-5)28(40-18(2)33)29(39-17)41-21-8-11-30(3)20(15-21)6-7-24-23(30)9-12-31(4)22(10-13-32(24,31)36)19-14-25(34)38-16-19/h14,17,20-24,26-29,35-36H,6-13,15-16H2,1-5H3/t17-,20+,21-,22-,23-,24+,26-,27+,28-,29-,30-,31+,32-/m0/s1. The SMILES string of the molecule is CO[C@@H]1[C@@H](O)[C@H](C)O[C@@H](O[C@H]2CC[C@@]3(C)[C@H](CC[C@@H]4[C@@H]3CC[C@]3(C)[C@H](C5=CC(=O)OC5)CC[C@]43O)C2)[C@H]1OC(C)=O. The van der Waals surface area contributed by atoms with Gasteiger partial charge in [-0.05, 0) is 99.4 Å². The van der Waals surface area contributed by atoms with Gasteiger partial charge in [-0.3, -0.25) is 4.79 Å². The molecular weight excluding hydrogens is 528 g/mol. The van der Waals surface area contributed by atoms with E-state index in [9.17, 15) is 19.8 Å². The molecule has 230 valence electrons. The molecule has 9 heteroatoms. The largest absolute Gasteiger partial charge is 0.458 e. The van der Waals surface area contributed by atoms with E-state index in [1.54, 1.807) is 13.0 Å². The van der Waals surface area contributed by atoms with E-state index >= 15 is 0 Å². The van der Waals surface area contributed by atoms with Crippen LogP contribution in [0, 0.1) is 34.5 Å². The molecule has 0 aromatic rings. The molecule has 4 saturated carbocycles. The number of esters is 2. The lowest BCUT2D eigenvalue weighted by atomic mass is 9.43. The van der Waals surface area contributed by atoms with Crippen LogP contribution in [0.2, 0.25) is 0 Å². The van der Waals surface area contributed by atoms with Crippen molar-refractivity contribution in [3.05, 3.63) is 11.6 Å². The number of aliphatic hydroxyl groups excluding tert-OH is 1. The Hall–Kier alpha value is -1.52. The summed E-state index contributed by atoms with van der Waals surface area (Å²) in [7, 11) is 1.50. The van der Waals surface area contributed by atoms with Crippen molar-refractivity contribution in [2.24, 2.45) is 34.5 Å². The third kappa shape index (κ3) is 4.60. The summed E-state index contributed by atoms with van der Waals surface area (Å²) in [6.45, 7) is 8.19. The van der Waals surface area contributed by atoms with Gasteiger partial charge in [0.15, 0.2) is 12.4 Å². The number of cyclic esters (lactones) is 1. The van der Waals surface area contributed by atoms with Crippen LogP contribution in [-0.4, -0.2) is 78.3 Å². The second-order valence-corrected chi connectivity index (χ2v) is 14.3. The van der Waals surface area contributed by atoms with Crippen molar-refractivity contribution in [3.8, 4) is 0 Å². The number of rotatable bonds is 5. The van der Waals surface area contributed by atoms with Gasteiger partial charge in [0.05, 0.1) is 17.8 Å². The molecule has 2 heterocycles. The molecule has 9 nitrogen and oxygen atoms in total. The lowest BCUT2D eigenvalue weighted by Gasteiger charge is -2.64. The minimum absolute atomic E-state index is 0.0488. The molecule has 0 aromatic heterocycles. The van der Waals surface area contributed by atoms with Crippen LogP contribution in [0.1, 0.15) is 85.5 Å². The molecule has 0 unspecified atom stereocenters. The minimum atomic E-state index is -0.926. The molecule has 0 amide bonds. The molecule has 2 N–H and O–H groups in total. The second kappa shape index (κ2) is 10.6. The number of carbonyl (C=O) groups is 2. The predicted octanol–water partition coefficient (Wildman–Crippen LogP) is 3.68. The van der Waals surface area contributed by atoms with Gasteiger partial charge in [-0.15, -0.1) is 0 Å². The summed E-state index contributed by atoms with van der Waals surface area (Å²) in [5.41, 5.74) is 0.221. The van der Waals surface area contributed by atoms with Crippen LogP contribution in [0.3, 0.4) is 0 Å². The van der Waals surface area contributed by atoms with E-state index in [2.05, 4.69) is 13.8 Å². The van der Waals surface area contributed by atoms with Crippen molar-refractivity contribution < 1.29 is 43.5 Å². The van der Waals surface area contributed by atoms with E-state index in [4.69, 9.17) is 23.7 Å². The topological polar surface area (TPSA) is 121 Å². The van der Waals surface area contributed by atoms with Crippen LogP contribution in [-0.2, 0) is 33.3 Å². The molecule has 6 rings (SSSR count). The quantitative estimate of drug-likeness (QED) is 0.373. The Bertz CT molecular complexity index is 1080. The highest BCUT2D eigenvalue weighted by molar-refractivity contribution is 5.85. The summed E-state index contributed by atoms with van der Waals surface area (Å²) >= 11 is 0. The monoisotopic (exact) mass is 576 g/mol. The Labute approximate surface area is 243 Å². The zero-order valence-corrected chi connectivity index (χ0v) is 25.2. The Morgan fingerprint density at radius 2 is 1.83 bits per heavy atom. The van der Waals surface area contributed by atoms with Gasteiger partial charge >= 0.3 is 11.9 Å². The molecule has 13 atom stereocenters. The number of carbonyl (C=O) groups excluding carboxylic acids is 2. The van der Waals surface area contributed by atoms with Gasteiger partial charge in [0.25, 0.3) is 0 Å². The van der Waals surface area contributed by atoms with E-state index < -0.39 is 42.3 Å². The molecule has 4 aliphatic carbocycles. The molecule has 6 aliphatic rings. The van der Waals surface area contributed by atoms with Crippen molar-refractivity contribution >= 4 is 11.9 Å². The van der Waals surface area contributed by atoms with Crippen molar-refractivity contribution in [1.29, 1.82) is 0 Å². The van der Waals surface area contributed by atoms with Gasteiger partial charge in [-0.2, -0.15) is 0 Å². The highest BCUT2D eigenvalue weighted by Gasteiger charge is 2.67. The number of methoxy groups -OCH3 is 1. The first-order chi connectivity index (χ1) is 19.4. The zero-order chi connectivity index (χ0) is 29.3. The summed E-state index contributed by atoms with van der Waals surface area (Å²) in [6.07, 6.45) is 6.35. The second-order valence-electron chi connectivity index (χ2n) is 14.3. The highest BCUT2D eigenvalue weighted by Crippen LogP contribution is 2.70. The Kier molecular flexibility index (Phi) is 7.62. The number of hydrogen-bond donors (Lipinski definition) is 2. The molecular formula is C32H48O9. The van der Waals surface area contributed by atoms with Crippen LogP contribution in [0.5, 0.6) is 0 Å². The van der Waals surface area contributed by atoms with Gasteiger partial charge in [0, 0.05) is 25.5 Å². The van der Waals surface area contributed by atoms with E-state index in [1.165, 1.54) is 14.0 Å². The van der Waals surface area contributed by atoms with Crippen LogP contribution in [0.4, 0.5) is 0 Å². The molecule has 1 saturated heterocycles. The minimum Gasteiger partial charge on any atom is -0.458 e. The Morgan fingerprint density at radius 3 is 2.51 bits per heavy atom. The van der Waals surface area contributed by atoms with Crippen molar-refractivity contribution in [2.45, 2.75) is 128 Å². The Morgan fingerprint density at radius 1 is 1.05 bits per heavy atom. The summed E-state index contributed by atoms with van der Waals surface area (Å²) in [5, 5.41) is 23.1. The van der Waals surface area contributed by atoms with E-state index in [-0.39, 0.29) is 34.7 Å². The third-order valence-electron chi connectivity index (χ3n) is 12.6. The number of hydrogen-bond acceptors (Lipinski definition) is 9. The van der Waals surface area contributed by atoms with E-state index in [0.717, 1.165) is 63.4 Å². The van der Waals surface area contributed by atoms with Crippen LogP contribution in [0.15, 0.2) is 11.6 Å². The highest BCUT2D eigenvalue weighted by atomic mass is 16.7. The van der Waals surface area contributed by atoms with Crippen molar-refractivity contribution in [2.75, 3.05) is 13.7 Å². The first kappa shape index (κ1) is 29.5. The number of ether oxygens (including phenoxy) is 5.